The van der Waals surface area contributed by atoms with E-state index in [1.54, 1.807) is 0 Å². The van der Waals surface area contributed by atoms with Crippen molar-refractivity contribution in [2.45, 2.75) is 50.9 Å². The molecule has 100 valence electrons. The third-order valence-corrected chi connectivity index (χ3v) is 3.87. The molecular weight excluding hydrogens is 216 g/mol. The molecule has 4 nitrogen and oxygen atoms in total. The van der Waals surface area contributed by atoms with E-state index in [0.29, 0.717) is 18.7 Å². The first kappa shape index (κ1) is 13.3. The lowest BCUT2D eigenvalue weighted by Gasteiger charge is -2.24. The standard InChI is InChI=1S/C13H26N2O2/c1-11(13-5-4-8-17-13)14-9-12(16)10-15-6-2-3-7-15/h11-14,16H,2-10H2,1H3. The van der Waals surface area contributed by atoms with Crippen molar-refractivity contribution < 1.29 is 9.84 Å². The van der Waals surface area contributed by atoms with Crippen LogP contribution in [0.1, 0.15) is 32.6 Å². The molecule has 2 aliphatic rings. The summed E-state index contributed by atoms with van der Waals surface area (Å²) in [6, 6.07) is 0.353. The lowest BCUT2D eigenvalue weighted by atomic mass is 10.1. The molecule has 0 saturated carbocycles. The summed E-state index contributed by atoms with van der Waals surface area (Å²) >= 11 is 0. The smallest absolute Gasteiger partial charge is 0.0791 e. The second-order valence-electron chi connectivity index (χ2n) is 5.41. The van der Waals surface area contributed by atoms with Crippen molar-refractivity contribution in [3.05, 3.63) is 0 Å². The number of aliphatic hydroxyl groups excluding tert-OH is 1. The summed E-state index contributed by atoms with van der Waals surface area (Å²) in [5, 5.41) is 13.4. The van der Waals surface area contributed by atoms with E-state index >= 15 is 0 Å². The summed E-state index contributed by atoms with van der Waals surface area (Å²) in [5.74, 6) is 0. The SMILES string of the molecule is CC(NCC(O)CN1CCCC1)C1CCCO1. The minimum atomic E-state index is -0.253. The van der Waals surface area contributed by atoms with Crippen LogP contribution in [0.2, 0.25) is 0 Å². The van der Waals surface area contributed by atoms with Gasteiger partial charge in [0, 0.05) is 25.7 Å². The molecule has 0 amide bonds. The van der Waals surface area contributed by atoms with E-state index < -0.39 is 0 Å². The van der Waals surface area contributed by atoms with E-state index in [1.807, 2.05) is 0 Å². The van der Waals surface area contributed by atoms with Crippen LogP contribution in [0.3, 0.4) is 0 Å². The van der Waals surface area contributed by atoms with E-state index in [1.165, 1.54) is 19.3 Å². The Hall–Kier alpha value is -0.160. The van der Waals surface area contributed by atoms with E-state index in [4.69, 9.17) is 4.74 Å². The van der Waals surface area contributed by atoms with Crippen LogP contribution in [0.5, 0.6) is 0 Å². The molecule has 2 saturated heterocycles. The molecule has 2 rings (SSSR count). The Morgan fingerprint density at radius 1 is 1.35 bits per heavy atom. The first-order valence-electron chi connectivity index (χ1n) is 7.01. The molecule has 0 aliphatic carbocycles. The van der Waals surface area contributed by atoms with Crippen LogP contribution < -0.4 is 5.32 Å². The van der Waals surface area contributed by atoms with Crippen LogP contribution in [-0.2, 0) is 4.74 Å². The Kier molecular flexibility index (Phi) is 5.22. The van der Waals surface area contributed by atoms with Crippen molar-refractivity contribution in [3.8, 4) is 0 Å². The molecule has 2 heterocycles. The average molecular weight is 242 g/mol. The van der Waals surface area contributed by atoms with Gasteiger partial charge in [0.25, 0.3) is 0 Å². The number of nitrogens with one attached hydrogen (secondary N) is 1. The normalized spacial score (nSPS) is 29.6. The highest BCUT2D eigenvalue weighted by molar-refractivity contribution is 4.79. The number of ether oxygens (including phenoxy) is 1. The molecule has 4 heteroatoms. The van der Waals surface area contributed by atoms with Gasteiger partial charge in [-0.05, 0) is 45.7 Å². The first-order valence-corrected chi connectivity index (χ1v) is 7.01. The Labute approximate surface area is 104 Å². The monoisotopic (exact) mass is 242 g/mol. The first-order chi connectivity index (χ1) is 8.25. The van der Waals surface area contributed by atoms with Gasteiger partial charge in [0.05, 0.1) is 12.2 Å². The van der Waals surface area contributed by atoms with Crippen LogP contribution in [-0.4, -0.2) is 61.0 Å². The third kappa shape index (κ3) is 4.21. The molecule has 0 aromatic carbocycles. The van der Waals surface area contributed by atoms with Gasteiger partial charge >= 0.3 is 0 Å². The highest BCUT2D eigenvalue weighted by Crippen LogP contribution is 2.15. The Morgan fingerprint density at radius 3 is 2.76 bits per heavy atom. The third-order valence-electron chi connectivity index (χ3n) is 3.87. The van der Waals surface area contributed by atoms with Crippen LogP contribution in [0.4, 0.5) is 0 Å². The number of likely N-dealkylation sites (tertiary alicyclic amines) is 1. The van der Waals surface area contributed by atoms with Gasteiger partial charge in [-0.25, -0.2) is 0 Å². The summed E-state index contributed by atoms with van der Waals surface area (Å²) in [6.07, 6.45) is 4.98. The second-order valence-corrected chi connectivity index (χ2v) is 5.41. The number of nitrogens with zero attached hydrogens (tertiary/aromatic N) is 1. The van der Waals surface area contributed by atoms with Crippen LogP contribution in [0.15, 0.2) is 0 Å². The molecule has 0 spiro atoms. The maximum Gasteiger partial charge on any atom is 0.0791 e. The van der Waals surface area contributed by atoms with Gasteiger partial charge in [-0.3, -0.25) is 0 Å². The molecule has 2 fully saturated rings. The number of rotatable bonds is 6. The van der Waals surface area contributed by atoms with Crippen molar-refractivity contribution in [2.75, 3.05) is 32.8 Å². The molecule has 2 aliphatic heterocycles. The van der Waals surface area contributed by atoms with Gasteiger partial charge in [-0.1, -0.05) is 0 Å². The fourth-order valence-corrected chi connectivity index (χ4v) is 2.78. The summed E-state index contributed by atoms with van der Waals surface area (Å²) in [4.78, 5) is 2.35. The van der Waals surface area contributed by atoms with Gasteiger partial charge in [0.15, 0.2) is 0 Å². The summed E-state index contributed by atoms with van der Waals surface area (Å²) in [7, 11) is 0. The van der Waals surface area contributed by atoms with Crippen LogP contribution in [0.25, 0.3) is 0 Å². The fraction of sp³-hybridized carbons (Fsp3) is 1.00. The Morgan fingerprint density at radius 2 is 2.12 bits per heavy atom. The van der Waals surface area contributed by atoms with E-state index in [0.717, 1.165) is 32.7 Å². The van der Waals surface area contributed by atoms with Gasteiger partial charge in [0.1, 0.15) is 0 Å². The maximum absolute atomic E-state index is 9.96. The highest BCUT2D eigenvalue weighted by atomic mass is 16.5. The molecule has 2 N–H and O–H groups in total. The number of aliphatic hydroxyl groups is 1. The van der Waals surface area contributed by atoms with Crippen molar-refractivity contribution in [2.24, 2.45) is 0 Å². The zero-order chi connectivity index (χ0) is 12.1. The molecular formula is C13H26N2O2. The lowest BCUT2D eigenvalue weighted by molar-refractivity contribution is 0.0715. The Bertz CT molecular complexity index is 213. The van der Waals surface area contributed by atoms with Crippen molar-refractivity contribution in [1.82, 2.24) is 10.2 Å². The molecule has 0 aromatic heterocycles. The summed E-state index contributed by atoms with van der Waals surface area (Å²) < 4.78 is 5.63. The number of hydrogen-bond acceptors (Lipinski definition) is 4. The summed E-state index contributed by atoms with van der Waals surface area (Å²) in [6.45, 7) is 6.84. The average Bonchev–Trinajstić information content (AvgIpc) is 2.97. The lowest BCUT2D eigenvalue weighted by Crippen LogP contribution is -2.44. The van der Waals surface area contributed by atoms with E-state index in [2.05, 4.69) is 17.1 Å². The van der Waals surface area contributed by atoms with E-state index in [9.17, 15) is 5.11 Å². The predicted molar refractivity (Wildman–Crippen MR) is 68.1 cm³/mol. The fourth-order valence-electron chi connectivity index (χ4n) is 2.78. The Balaban J connectivity index is 1.59. The topological polar surface area (TPSA) is 44.7 Å². The van der Waals surface area contributed by atoms with Crippen LogP contribution in [0, 0.1) is 0 Å². The maximum atomic E-state index is 9.96. The molecule has 0 aromatic rings. The van der Waals surface area contributed by atoms with Crippen molar-refractivity contribution in [1.29, 1.82) is 0 Å². The van der Waals surface area contributed by atoms with Gasteiger partial charge in [0.2, 0.25) is 0 Å². The van der Waals surface area contributed by atoms with Gasteiger partial charge in [-0.15, -0.1) is 0 Å². The molecule has 3 unspecified atom stereocenters. The van der Waals surface area contributed by atoms with Crippen molar-refractivity contribution >= 4 is 0 Å². The van der Waals surface area contributed by atoms with Crippen molar-refractivity contribution in [3.63, 3.8) is 0 Å². The number of β-amino-alcohol motifs (C(OH)–C–C–N with tert-alkyl or cyclic N) is 1. The molecule has 17 heavy (non-hydrogen) atoms. The number of hydrogen-bond donors (Lipinski definition) is 2. The van der Waals surface area contributed by atoms with E-state index in [-0.39, 0.29) is 6.10 Å². The minimum absolute atomic E-state index is 0.253. The molecule has 3 atom stereocenters. The van der Waals surface area contributed by atoms with Crippen LogP contribution >= 0.6 is 0 Å². The van der Waals surface area contributed by atoms with Gasteiger partial charge < -0.3 is 20.1 Å². The zero-order valence-electron chi connectivity index (χ0n) is 10.9. The quantitative estimate of drug-likeness (QED) is 0.716. The van der Waals surface area contributed by atoms with Gasteiger partial charge in [-0.2, -0.15) is 0 Å². The summed E-state index contributed by atoms with van der Waals surface area (Å²) in [5.41, 5.74) is 0. The highest BCUT2D eigenvalue weighted by Gasteiger charge is 2.23. The largest absolute Gasteiger partial charge is 0.390 e. The zero-order valence-corrected chi connectivity index (χ0v) is 10.9. The molecule has 0 bridgehead atoms. The minimum Gasteiger partial charge on any atom is -0.390 e. The second kappa shape index (κ2) is 6.69. The predicted octanol–water partition coefficient (Wildman–Crippen LogP) is 0.600. The molecule has 0 radical (unpaired) electrons.